The van der Waals surface area contributed by atoms with E-state index in [2.05, 4.69) is 15.3 Å². The Bertz CT molecular complexity index is 846. The quantitative estimate of drug-likeness (QED) is 0.709. The lowest BCUT2D eigenvalue weighted by atomic mass is 10.3. The maximum absolute atomic E-state index is 12.7. The number of benzene rings is 1. The number of halogens is 2. The van der Waals surface area contributed by atoms with E-state index in [0.29, 0.717) is 27.9 Å². The van der Waals surface area contributed by atoms with Gasteiger partial charge in [0.25, 0.3) is 5.76 Å². The SMILES string of the molecule is Cc1cnc(NC(=O)Cn2c(SC(F)F)nc3ccccc32)s1. The minimum absolute atomic E-state index is 0.103. The van der Waals surface area contributed by atoms with Crippen LogP contribution in [0.15, 0.2) is 35.6 Å². The molecule has 0 saturated heterocycles. The van der Waals surface area contributed by atoms with Crippen molar-refractivity contribution in [2.75, 3.05) is 5.32 Å². The molecule has 1 amide bonds. The molecule has 120 valence electrons. The Balaban J connectivity index is 1.86. The fourth-order valence-electron chi connectivity index (χ4n) is 2.09. The third-order valence-electron chi connectivity index (χ3n) is 2.98. The van der Waals surface area contributed by atoms with E-state index in [1.54, 1.807) is 30.5 Å². The predicted octanol–water partition coefficient (Wildman–Crippen LogP) is 3.75. The molecular formula is C14H12F2N4OS2. The van der Waals surface area contributed by atoms with Crippen molar-refractivity contribution in [1.82, 2.24) is 14.5 Å². The van der Waals surface area contributed by atoms with E-state index < -0.39 is 5.76 Å². The molecule has 0 radical (unpaired) electrons. The molecule has 0 aliphatic carbocycles. The van der Waals surface area contributed by atoms with E-state index in [1.807, 2.05) is 6.92 Å². The Morgan fingerprint density at radius 1 is 1.43 bits per heavy atom. The summed E-state index contributed by atoms with van der Waals surface area (Å²) >= 11 is 1.68. The van der Waals surface area contributed by atoms with Crippen molar-refractivity contribution in [3.05, 3.63) is 35.3 Å². The number of aryl methyl sites for hydroxylation is 1. The van der Waals surface area contributed by atoms with Crippen molar-refractivity contribution < 1.29 is 13.6 Å². The molecule has 0 unspecified atom stereocenters. The van der Waals surface area contributed by atoms with Gasteiger partial charge in [0.15, 0.2) is 10.3 Å². The van der Waals surface area contributed by atoms with E-state index in [1.165, 1.54) is 15.9 Å². The first-order valence-electron chi connectivity index (χ1n) is 6.65. The molecule has 2 heterocycles. The van der Waals surface area contributed by atoms with E-state index in [0.717, 1.165) is 4.88 Å². The van der Waals surface area contributed by atoms with Gasteiger partial charge in [0.1, 0.15) is 6.54 Å². The van der Waals surface area contributed by atoms with Crippen LogP contribution in [0.1, 0.15) is 4.88 Å². The number of nitrogens with one attached hydrogen (secondary N) is 1. The monoisotopic (exact) mass is 354 g/mol. The highest BCUT2D eigenvalue weighted by Gasteiger charge is 2.18. The summed E-state index contributed by atoms with van der Waals surface area (Å²) < 4.78 is 26.9. The predicted molar refractivity (Wildman–Crippen MR) is 87.1 cm³/mol. The molecule has 0 atom stereocenters. The number of nitrogens with zero attached hydrogens (tertiary/aromatic N) is 3. The fraction of sp³-hybridized carbons (Fsp3) is 0.214. The van der Waals surface area contributed by atoms with Crippen LogP contribution in [-0.4, -0.2) is 26.2 Å². The Labute approximate surface area is 138 Å². The summed E-state index contributed by atoms with van der Waals surface area (Å²) in [5.41, 5.74) is 1.22. The minimum atomic E-state index is -2.60. The number of carbonyl (C=O) groups excluding carboxylic acids is 1. The summed E-state index contributed by atoms with van der Waals surface area (Å²) in [5, 5.41) is 3.27. The first-order chi connectivity index (χ1) is 11.0. The molecule has 0 aliphatic heterocycles. The second kappa shape index (κ2) is 6.63. The van der Waals surface area contributed by atoms with E-state index >= 15 is 0 Å². The number of rotatable bonds is 5. The number of imidazole rings is 1. The van der Waals surface area contributed by atoms with Crippen LogP contribution in [0, 0.1) is 6.92 Å². The van der Waals surface area contributed by atoms with Crippen molar-refractivity contribution in [3.63, 3.8) is 0 Å². The van der Waals surface area contributed by atoms with E-state index in [9.17, 15) is 13.6 Å². The van der Waals surface area contributed by atoms with Gasteiger partial charge in [-0.15, -0.1) is 11.3 Å². The second-order valence-corrected chi connectivity index (χ2v) is 6.86. The van der Waals surface area contributed by atoms with Crippen LogP contribution < -0.4 is 5.32 Å². The van der Waals surface area contributed by atoms with Crippen molar-refractivity contribution in [3.8, 4) is 0 Å². The number of amides is 1. The van der Waals surface area contributed by atoms with Crippen molar-refractivity contribution in [1.29, 1.82) is 0 Å². The van der Waals surface area contributed by atoms with Gasteiger partial charge in [-0.1, -0.05) is 12.1 Å². The molecule has 5 nitrogen and oxygen atoms in total. The fourth-order valence-corrected chi connectivity index (χ4v) is 3.37. The van der Waals surface area contributed by atoms with Gasteiger partial charge in [0.05, 0.1) is 11.0 Å². The number of alkyl halides is 2. The van der Waals surface area contributed by atoms with Crippen LogP contribution in [0.5, 0.6) is 0 Å². The number of hydrogen-bond acceptors (Lipinski definition) is 5. The third-order valence-corrected chi connectivity index (χ3v) is 4.51. The minimum Gasteiger partial charge on any atom is -0.309 e. The molecule has 2 aromatic heterocycles. The lowest BCUT2D eigenvalue weighted by Gasteiger charge is -2.08. The van der Waals surface area contributed by atoms with Crippen molar-refractivity contribution in [2.45, 2.75) is 24.4 Å². The topological polar surface area (TPSA) is 59.8 Å². The first kappa shape index (κ1) is 15.9. The molecule has 9 heteroatoms. The molecule has 0 aliphatic rings. The Kier molecular flexibility index (Phi) is 4.58. The smallest absolute Gasteiger partial charge is 0.291 e. The zero-order chi connectivity index (χ0) is 16.4. The van der Waals surface area contributed by atoms with Gasteiger partial charge in [0, 0.05) is 11.1 Å². The number of hydrogen-bond donors (Lipinski definition) is 1. The maximum atomic E-state index is 12.7. The number of fused-ring (bicyclic) bond motifs is 1. The summed E-state index contributed by atoms with van der Waals surface area (Å²) in [6.45, 7) is 1.78. The normalized spacial score (nSPS) is 11.3. The molecule has 0 fully saturated rings. The molecule has 0 bridgehead atoms. The zero-order valence-electron chi connectivity index (χ0n) is 12.0. The molecule has 1 N–H and O–H groups in total. The number of anilines is 1. The average Bonchev–Trinajstić information content (AvgIpc) is 3.03. The Morgan fingerprint density at radius 3 is 2.91 bits per heavy atom. The highest BCUT2D eigenvalue weighted by Crippen LogP contribution is 2.28. The van der Waals surface area contributed by atoms with Gasteiger partial charge in [0.2, 0.25) is 5.91 Å². The second-order valence-electron chi connectivity index (χ2n) is 4.67. The van der Waals surface area contributed by atoms with Gasteiger partial charge in [-0.05, 0) is 30.8 Å². The summed E-state index contributed by atoms with van der Waals surface area (Å²) in [6.07, 6.45) is 1.66. The van der Waals surface area contributed by atoms with Crippen molar-refractivity contribution >= 4 is 45.2 Å². The van der Waals surface area contributed by atoms with Crippen LogP contribution in [0.25, 0.3) is 11.0 Å². The van der Waals surface area contributed by atoms with Gasteiger partial charge >= 0.3 is 0 Å². The van der Waals surface area contributed by atoms with Crippen LogP contribution in [0.3, 0.4) is 0 Å². The zero-order valence-corrected chi connectivity index (χ0v) is 13.6. The molecule has 0 saturated carbocycles. The first-order valence-corrected chi connectivity index (χ1v) is 8.35. The molecule has 1 aromatic carbocycles. The van der Waals surface area contributed by atoms with Crippen LogP contribution in [0.4, 0.5) is 13.9 Å². The summed E-state index contributed by atoms with van der Waals surface area (Å²) in [6, 6.07) is 7.02. The number of carbonyl (C=O) groups is 1. The van der Waals surface area contributed by atoms with Gasteiger partial charge in [-0.2, -0.15) is 8.78 Å². The van der Waals surface area contributed by atoms with Crippen molar-refractivity contribution in [2.24, 2.45) is 0 Å². The number of thioether (sulfide) groups is 1. The largest absolute Gasteiger partial charge is 0.309 e. The van der Waals surface area contributed by atoms with Gasteiger partial charge < -0.3 is 9.88 Å². The van der Waals surface area contributed by atoms with Crippen LogP contribution in [-0.2, 0) is 11.3 Å². The van der Waals surface area contributed by atoms with Gasteiger partial charge in [-0.3, -0.25) is 4.79 Å². The average molecular weight is 354 g/mol. The molecule has 3 rings (SSSR count). The highest BCUT2D eigenvalue weighted by molar-refractivity contribution is 7.99. The van der Waals surface area contributed by atoms with Crippen LogP contribution in [0.2, 0.25) is 0 Å². The number of aromatic nitrogens is 3. The standard InChI is InChI=1S/C14H12F2N4OS2/c1-8-6-17-13(22-8)19-11(21)7-20-10-5-3-2-4-9(10)18-14(20)23-12(15)16/h2-6,12H,7H2,1H3,(H,17,19,21). The van der Waals surface area contributed by atoms with E-state index in [-0.39, 0.29) is 17.6 Å². The lowest BCUT2D eigenvalue weighted by molar-refractivity contribution is -0.116. The summed E-state index contributed by atoms with van der Waals surface area (Å²) in [7, 11) is 0. The summed E-state index contributed by atoms with van der Waals surface area (Å²) in [5.74, 6) is -2.94. The third kappa shape index (κ3) is 3.67. The molecule has 23 heavy (non-hydrogen) atoms. The maximum Gasteiger partial charge on any atom is 0.291 e. The lowest BCUT2D eigenvalue weighted by Crippen LogP contribution is -2.19. The Hall–Kier alpha value is -2.00. The number of para-hydroxylation sites is 2. The highest BCUT2D eigenvalue weighted by atomic mass is 32.2. The molecule has 0 spiro atoms. The number of thiazole rings is 1. The Morgan fingerprint density at radius 2 is 2.22 bits per heavy atom. The van der Waals surface area contributed by atoms with Crippen LogP contribution >= 0.6 is 23.1 Å². The molecule has 3 aromatic rings. The van der Waals surface area contributed by atoms with E-state index in [4.69, 9.17) is 0 Å². The molecular weight excluding hydrogens is 342 g/mol. The summed E-state index contributed by atoms with van der Waals surface area (Å²) in [4.78, 5) is 21.4. The van der Waals surface area contributed by atoms with Gasteiger partial charge in [-0.25, -0.2) is 9.97 Å².